The molecule has 160 valence electrons. The van der Waals surface area contributed by atoms with Crippen molar-refractivity contribution in [2.45, 2.75) is 17.6 Å². The molecule has 0 saturated heterocycles. The Morgan fingerprint density at radius 2 is 1.84 bits per heavy atom. The van der Waals surface area contributed by atoms with E-state index in [1.54, 1.807) is 59.4 Å². The van der Waals surface area contributed by atoms with Crippen LogP contribution in [0, 0.1) is 6.92 Å². The van der Waals surface area contributed by atoms with Crippen molar-refractivity contribution in [3.05, 3.63) is 88.2 Å². The van der Waals surface area contributed by atoms with Crippen molar-refractivity contribution in [1.82, 2.24) is 0 Å². The van der Waals surface area contributed by atoms with Crippen LogP contribution in [0.2, 0.25) is 10.0 Å². The number of anilines is 1. The quantitative estimate of drug-likeness (QED) is 0.124. The number of thioether (sulfide) groups is 1. The average molecular weight is 498 g/mol. The van der Waals surface area contributed by atoms with Gasteiger partial charge in [0.2, 0.25) is 5.76 Å². The fourth-order valence-electron chi connectivity index (χ4n) is 2.80. The summed E-state index contributed by atoms with van der Waals surface area (Å²) < 4.78 is 26.8. The second-order valence-corrected chi connectivity index (χ2v) is 8.78. The molecular weight excluding hydrogens is 481 g/mol. The molecule has 0 radical (unpaired) electrons. The molecule has 2 N–H and O–H groups in total. The Bertz CT molecular complexity index is 1140. The van der Waals surface area contributed by atoms with Gasteiger partial charge in [0.25, 0.3) is 11.5 Å². The number of aromatic nitrogens is 1. The van der Waals surface area contributed by atoms with Gasteiger partial charge in [-0.1, -0.05) is 47.2 Å². The first-order chi connectivity index (χ1) is 14.7. The Balaban J connectivity index is 2.02. The smallest absolute Gasteiger partial charge is 0.288 e. The number of aliphatic hydroxyl groups excluding tert-OH is 1. The first kappa shape index (κ1) is 23.5. The molecule has 3 nitrogen and oxygen atoms in total. The number of aryl methyl sites for hydroxylation is 1. The van der Waals surface area contributed by atoms with Gasteiger partial charge in [-0.05, 0) is 55.5 Å². The van der Waals surface area contributed by atoms with E-state index in [9.17, 15) is 13.9 Å². The minimum atomic E-state index is -2.49. The molecule has 1 heterocycles. The van der Waals surface area contributed by atoms with Crippen LogP contribution in [0.5, 0.6) is 0 Å². The first-order valence-corrected chi connectivity index (χ1v) is 11.0. The molecule has 3 aromatic rings. The van der Waals surface area contributed by atoms with Gasteiger partial charge in [0.15, 0.2) is 17.4 Å². The maximum absolute atomic E-state index is 12.5. The highest BCUT2D eigenvalue weighted by atomic mass is 35.5. The number of rotatable bonds is 6. The number of benzene rings is 2. The number of hydrogen-bond acceptors (Lipinski definition) is 3. The van der Waals surface area contributed by atoms with Crippen LogP contribution in [0.1, 0.15) is 11.1 Å². The summed E-state index contributed by atoms with van der Waals surface area (Å²) in [6.45, 7) is 1.91. The van der Waals surface area contributed by atoms with E-state index in [2.05, 4.69) is 5.32 Å². The van der Waals surface area contributed by atoms with Crippen molar-refractivity contribution in [1.29, 1.82) is 0 Å². The van der Waals surface area contributed by atoms with Gasteiger partial charge < -0.3 is 10.4 Å². The summed E-state index contributed by atoms with van der Waals surface area (Å²) in [5.41, 5.74) is 2.14. The average Bonchev–Trinajstić information content (AvgIpc) is 2.71. The lowest BCUT2D eigenvalue weighted by Gasteiger charge is -2.12. The molecule has 0 saturated carbocycles. The highest BCUT2D eigenvalue weighted by molar-refractivity contribution is 7.99. The van der Waals surface area contributed by atoms with Crippen LogP contribution < -0.4 is 9.88 Å². The molecule has 3 rings (SSSR count). The van der Waals surface area contributed by atoms with Gasteiger partial charge in [-0.3, -0.25) is 0 Å². The highest BCUT2D eigenvalue weighted by Crippen LogP contribution is 2.29. The minimum Gasteiger partial charge on any atom is -0.502 e. The van der Waals surface area contributed by atoms with E-state index in [1.807, 2.05) is 19.1 Å². The lowest BCUT2D eigenvalue weighted by atomic mass is 10.1. The third-order valence-corrected chi connectivity index (χ3v) is 5.75. The maximum Gasteiger partial charge on any atom is 0.288 e. The van der Waals surface area contributed by atoms with E-state index >= 15 is 0 Å². The van der Waals surface area contributed by atoms with Crippen molar-refractivity contribution < 1.29 is 18.5 Å². The van der Waals surface area contributed by atoms with Crippen LogP contribution in [0.3, 0.4) is 0 Å². The Hall–Kier alpha value is -2.19. The largest absolute Gasteiger partial charge is 0.502 e. The summed E-state index contributed by atoms with van der Waals surface area (Å²) in [6, 6.07) is 14.9. The highest BCUT2D eigenvalue weighted by Gasteiger charge is 2.25. The Morgan fingerprint density at radius 1 is 1.13 bits per heavy atom. The lowest BCUT2D eigenvalue weighted by molar-refractivity contribution is -0.576. The number of nitrogens with zero attached hydrogens (tertiary/aromatic N) is 1. The van der Waals surface area contributed by atoms with E-state index in [1.165, 1.54) is 0 Å². The third kappa shape index (κ3) is 6.17. The van der Waals surface area contributed by atoms with Crippen LogP contribution in [0.25, 0.3) is 11.5 Å². The molecule has 0 spiro atoms. The monoisotopic (exact) mass is 497 g/mol. The minimum absolute atomic E-state index is 0.162. The normalized spacial score (nSPS) is 11.9. The lowest BCUT2D eigenvalue weighted by Crippen LogP contribution is -2.38. The maximum atomic E-state index is 12.5. The third-order valence-electron chi connectivity index (χ3n) is 4.17. The molecule has 0 unspecified atom stereocenters. The fraction of sp³-hybridized carbons (Fsp3) is 0.0909. The molecule has 31 heavy (non-hydrogen) atoms. The van der Waals surface area contributed by atoms with E-state index in [0.717, 1.165) is 5.56 Å². The predicted octanol–water partition coefficient (Wildman–Crippen LogP) is 7.23. The molecule has 9 heteroatoms. The number of pyridine rings is 1. The van der Waals surface area contributed by atoms with Crippen molar-refractivity contribution in [3.63, 3.8) is 0 Å². The Morgan fingerprint density at radius 3 is 2.48 bits per heavy atom. The summed E-state index contributed by atoms with van der Waals surface area (Å²) in [6.07, 6.45) is 3.55. The van der Waals surface area contributed by atoms with Gasteiger partial charge in [0.1, 0.15) is 0 Å². The van der Waals surface area contributed by atoms with E-state index in [0.29, 0.717) is 38.0 Å². The molecule has 0 aliphatic heterocycles. The molecule has 0 aliphatic carbocycles. The molecule has 0 atom stereocenters. The van der Waals surface area contributed by atoms with Gasteiger partial charge in [0.05, 0.1) is 5.02 Å². The molecule has 2 aromatic carbocycles. The zero-order valence-corrected chi connectivity index (χ0v) is 19.3. The van der Waals surface area contributed by atoms with E-state index in [4.69, 9.17) is 35.4 Å². The van der Waals surface area contributed by atoms with Gasteiger partial charge in [0, 0.05) is 32.8 Å². The van der Waals surface area contributed by atoms with Gasteiger partial charge in [-0.25, -0.2) is 0 Å². The molecule has 0 fully saturated rings. The molecule has 0 bridgehead atoms. The van der Waals surface area contributed by atoms with Gasteiger partial charge in [-0.15, -0.1) is 0 Å². The first-order valence-electron chi connectivity index (χ1n) is 8.98. The van der Waals surface area contributed by atoms with E-state index in [-0.39, 0.29) is 16.4 Å². The second-order valence-electron chi connectivity index (χ2n) is 6.47. The van der Waals surface area contributed by atoms with Gasteiger partial charge >= 0.3 is 0 Å². The standard InChI is InChI=1S/C22H16Cl2F2N2OS2/c1-13-3-2-10-28(12-13)19(20(29)17-11-14(23)4-9-18(17)24)21(30)27-15-5-7-16(8-6-15)31-22(25)26/h2-12,22H,1H3,(H-,27,29,30)/p+1. The van der Waals surface area contributed by atoms with Gasteiger partial charge in [-0.2, -0.15) is 13.3 Å². The number of thiocarbonyl (C=S) groups is 1. The summed E-state index contributed by atoms with van der Waals surface area (Å²) in [4.78, 5) is 0.641. The molecule has 1 aromatic heterocycles. The second kappa shape index (κ2) is 10.4. The van der Waals surface area contributed by atoms with Crippen molar-refractivity contribution >= 4 is 69.3 Å². The summed E-state index contributed by atoms with van der Waals surface area (Å²) in [7, 11) is 0. The molecular formula is C22H17Cl2F2N2OS2+. The zero-order chi connectivity index (χ0) is 22.5. The van der Waals surface area contributed by atoms with Crippen molar-refractivity contribution in [3.8, 4) is 0 Å². The fourth-order valence-corrected chi connectivity index (χ4v) is 3.99. The Kier molecular flexibility index (Phi) is 7.89. The number of halogens is 4. The molecule has 0 aliphatic rings. The summed E-state index contributed by atoms with van der Waals surface area (Å²) in [5, 5.41) is 14.9. The van der Waals surface area contributed by atoms with Crippen LogP contribution >= 0.6 is 47.2 Å². The zero-order valence-electron chi connectivity index (χ0n) is 16.2. The predicted molar refractivity (Wildman–Crippen MR) is 128 cm³/mol. The Labute approximate surface area is 198 Å². The van der Waals surface area contributed by atoms with Crippen LogP contribution in [0.15, 0.2) is 71.9 Å². The number of nitrogens with one attached hydrogen (secondary N) is 1. The topological polar surface area (TPSA) is 36.1 Å². The number of aliphatic hydroxyl groups is 1. The summed E-state index contributed by atoms with van der Waals surface area (Å²) in [5.74, 6) is -2.66. The van der Waals surface area contributed by atoms with Crippen LogP contribution in [-0.2, 0) is 0 Å². The van der Waals surface area contributed by atoms with Crippen LogP contribution in [-0.4, -0.2) is 15.9 Å². The number of alkyl halides is 2. The number of hydrogen-bond donors (Lipinski definition) is 2. The van der Waals surface area contributed by atoms with Crippen LogP contribution in [0.4, 0.5) is 14.5 Å². The molecule has 0 amide bonds. The van der Waals surface area contributed by atoms with E-state index < -0.39 is 5.76 Å². The SMILES string of the molecule is Cc1ccc[n+](/C(C(=S)Nc2ccc(SC(F)F)cc2)=C(/O)c2cc(Cl)ccc2Cl)c1. The van der Waals surface area contributed by atoms with Crippen molar-refractivity contribution in [2.75, 3.05) is 5.32 Å². The summed E-state index contributed by atoms with van der Waals surface area (Å²) >= 11 is 18.4. The van der Waals surface area contributed by atoms with Crippen molar-refractivity contribution in [2.24, 2.45) is 0 Å².